The zero-order valence-electron chi connectivity index (χ0n) is 20.2. The fourth-order valence-corrected chi connectivity index (χ4v) is 4.37. The highest BCUT2D eigenvalue weighted by atomic mass is 16.1. The van der Waals surface area contributed by atoms with Gasteiger partial charge < -0.3 is 22.5 Å². The maximum absolute atomic E-state index is 12.6. The summed E-state index contributed by atoms with van der Waals surface area (Å²) in [6.45, 7) is 4.23. The van der Waals surface area contributed by atoms with Crippen LogP contribution >= 0.6 is 0 Å². The molecule has 0 aliphatic rings. The van der Waals surface area contributed by atoms with Crippen LogP contribution in [0.5, 0.6) is 0 Å². The molecule has 0 bridgehead atoms. The Balaban J connectivity index is 4.01. The van der Waals surface area contributed by atoms with Gasteiger partial charge in [0.1, 0.15) is 0 Å². The van der Waals surface area contributed by atoms with Crippen molar-refractivity contribution in [3.8, 4) is 0 Å². The zero-order chi connectivity index (χ0) is 22.3. The Hall–Kier alpha value is -0.650. The van der Waals surface area contributed by atoms with Crippen LogP contribution < -0.4 is 22.5 Å². The van der Waals surface area contributed by atoms with Gasteiger partial charge in [0.15, 0.2) is 0 Å². The van der Waals surface area contributed by atoms with E-state index in [9.17, 15) is 4.79 Å². The van der Waals surface area contributed by atoms with Crippen molar-refractivity contribution in [1.82, 2.24) is 5.32 Å². The van der Waals surface area contributed by atoms with Crippen molar-refractivity contribution >= 4 is 5.91 Å². The molecule has 0 aliphatic heterocycles. The molecule has 7 N–H and O–H groups in total. The summed E-state index contributed by atoms with van der Waals surface area (Å²) < 4.78 is 0. The average molecular weight is 427 g/mol. The Labute approximate surface area is 187 Å². The molecule has 0 rings (SSSR count). The molecule has 0 aromatic rings. The van der Waals surface area contributed by atoms with Gasteiger partial charge >= 0.3 is 0 Å². The van der Waals surface area contributed by atoms with Crippen molar-refractivity contribution in [3.05, 3.63) is 0 Å². The quantitative estimate of drug-likeness (QED) is 0.169. The Morgan fingerprint density at radius 1 is 0.600 bits per heavy atom. The van der Waals surface area contributed by atoms with Gasteiger partial charge in [0.2, 0.25) is 5.91 Å². The molecule has 0 aromatic heterocycles. The van der Waals surface area contributed by atoms with E-state index in [0.29, 0.717) is 26.1 Å². The molecular weight excluding hydrogens is 372 g/mol. The number of rotatable bonds is 23. The number of amides is 1. The number of hydrogen-bond donors (Lipinski definition) is 4. The van der Waals surface area contributed by atoms with Crippen LogP contribution in [-0.4, -0.2) is 31.1 Å². The van der Waals surface area contributed by atoms with Gasteiger partial charge in [-0.05, 0) is 64.6 Å². The lowest BCUT2D eigenvalue weighted by Crippen LogP contribution is -2.49. The summed E-state index contributed by atoms with van der Waals surface area (Å²) >= 11 is 0. The molecule has 180 valence electrons. The van der Waals surface area contributed by atoms with Crippen LogP contribution in [0.1, 0.15) is 129 Å². The number of hydrogen-bond acceptors (Lipinski definition) is 4. The van der Waals surface area contributed by atoms with Crippen LogP contribution in [-0.2, 0) is 4.79 Å². The number of nitrogens with one attached hydrogen (secondary N) is 1. The number of nitrogens with two attached hydrogens (primary N) is 3. The Morgan fingerprint density at radius 3 is 1.33 bits per heavy atom. The van der Waals surface area contributed by atoms with E-state index >= 15 is 0 Å². The highest BCUT2D eigenvalue weighted by Crippen LogP contribution is 2.25. The molecule has 5 nitrogen and oxygen atoms in total. The smallest absolute Gasteiger partial charge is 0.220 e. The van der Waals surface area contributed by atoms with Crippen LogP contribution in [0.15, 0.2) is 0 Å². The van der Waals surface area contributed by atoms with Crippen molar-refractivity contribution in [2.24, 2.45) is 17.2 Å². The van der Waals surface area contributed by atoms with Gasteiger partial charge in [0, 0.05) is 12.0 Å². The largest absolute Gasteiger partial charge is 0.351 e. The Kier molecular flexibility index (Phi) is 21.1. The first-order valence-electron chi connectivity index (χ1n) is 13.1. The monoisotopic (exact) mass is 426 g/mol. The van der Waals surface area contributed by atoms with Crippen molar-refractivity contribution in [1.29, 1.82) is 0 Å². The summed E-state index contributed by atoms with van der Waals surface area (Å²) in [5.74, 6) is 0.188. The molecule has 0 aliphatic carbocycles. The molecule has 0 atom stereocenters. The second-order valence-corrected chi connectivity index (χ2v) is 9.14. The van der Waals surface area contributed by atoms with Gasteiger partial charge in [-0.1, -0.05) is 77.6 Å². The van der Waals surface area contributed by atoms with Crippen LogP contribution in [0.2, 0.25) is 0 Å². The minimum atomic E-state index is -0.174. The fourth-order valence-electron chi connectivity index (χ4n) is 4.37. The van der Waals surface area contributed by atoms with E-state index in [4.69, 9.17) is 17.2 Å². The van der Waals surface area contributed by atoms with E-state index in [-0.39, 0.29) is 11.4 Å². The van der Waals surface area contributed by atoms with E-state index in [1.165, 1.54) is 64.2 Å². The molecule has 0 radical (unpaired) electrons. The van der Waals surface area contributed by atoms with Gasteiger partial charge in [0.25, 0.3) is 0 Å². The second kappa shape index (κ2) is 21.6. The first-order valence-corrected chi connectivity index (χ1v) is 13.1. The Morgan fingerprint density at radius 2 is 0.967 bits per heavy atom. The van der Waals surface area contributed by atoms with E-state index in [1.54, 1.807) is 0 Å². The highest BCUT2D eigenvalue weighted by Gasteiger charge is 2.29. The molecule has 0 saturated heterocycles. The summed E-state index contributed by atoms with van der Waals surface area (Å²) in [7, 11) is 0. The first kappa shape index (κ1) is 29.4. The van der Waals surface area contributed by atoms with Crippen molar-refractivity contribution < 1.29 is 4.79 Å². The van der Waals surface area contributed by atoms with Crippen molar-refractivity contribution in [2.45, 2.75) is 134 Å². The molecule has 0 spiro atoms. The molecular formula is C25H54N4O. The number of carbonyl (C=O) groups is 1. The van der Waals surface area contributed by atoms with E-state index in [1.807, 2.05) is 0 Å². The molecule has 0 unspecified atom stereocenters. The summed E-state index contributed by atoms with van der Waals surface area (Å²) in [6.07, 6.45) is 21.9. The summed E-state index contributed by atoms with van der Waals surface area (Å²) in [4.78, 5) is 12.6. The predicted molar refractivity (Wildman–Crippen MR) is 131 cm³/mol. The fraction of sp³-hybridized carbons (Fsp3) is 0.960. The summed E-state index contributed by atoms with van der Waals surface area (Å²) in [6, 6.07) is 0. The predicted octanol–water partition coefficient (Wildman–Crippen LogP) is 5.15. The standard InChI is InChI=1S/C25H54N4O/c1-2-3-4-5-6-7-8-9-10-11-12-13-17-24(30)29-25(18-14-21-26,19-15-22-27)20-16-23-28/h2-23,26-28H2,1H3,(H,29,30). The van der Waals surface area contributed by atoms with E-state index in [2.05, 4.69) is 12.2 Å². The molecule has 30 heavy (non-hydrogen) atoms. The molecule has 0 fully saturated rings. The normalized spacial score (nSPS) is 11.7. The SMILES string of the molecule is CCCCCCCCCCCCCCC(=O)NC(CCCN)(CCCN)CCCN. The molecule has 0 aromatic carbocycles. The van der Waals surface area contributed by atoms with Gasteiger partial charge in [-0.2, -0.15) is 0 Å². The second-order valence-electron chi connectivity index (χ2n) is 9.14. The van der Waals surface area contributed by atoms with Gasteiger partial charge in [0.05, 0.1) is 0 Å². The maximum atomic E-state index is 12.6. The third-order valence-corrected chi connectivity index (χ3v) is 6.24. The zero-order valence-corrected chi connectivity index (χ0v) is 20.2. The molecule has 5 heteroatoms. The topological polar surface area (TPSA) is 107 Å². The lowest BCUT2D eigenvalue weighted by Gasteiger charge is -2.35. The van der Waals surface area contributed by atoms with Gasteiger partial charge in [-0.3, -0.25) is 4.79 Å². The molecule has 1 amide bonds. The molecule has 0 heterocycles. The van der Waals surface area contributed by atoms with E-state index in [0.717, 1.165) is 51.4 Å². The van der Waals surface area contributed by atoms with Crippen LogP contribution in [0, 0.1) is 0 Å². The Bertz CT molecular complexity index is 354. The van der Waals surface area contributed by atoms with Gasteiger partial charge in [-0.25, -0.2) is 0 Å². The lowest BCUT2D eigenvalue weighted by atomic mass is 9.83. The van der Waals surface area contributed by atoms with Crippen molar-refractivity contribution in [2.75, 3.05) is 19.6 Å². The minimum absolute atomic E-state index is 0.174. The number of carbonyl (C=O) groups excluding carboxylic acids is 1. The molecule has 0 saturated carbocycles. The van der Waals surface area contributed by atoms with Crippen LogP contribution in [0.3, 0.4) is 0 Å². The third-order valence-electron chi connectivity index (χ3n) is 6.24. The van der Waals surface area contributed by atoms with Gasteiger partial charge in [-0.15, -0.1) is 0 Å². The van der Waals surface area contributed by atoms with Crippen LogP contribution in [0.4, 0.5) is 0 Å². The average Bonchev–Trinajstić information content (AvgIpc) is 2.75. The minimum Gasteiger partial charge on any atom is -0.351 e. The highest BCUT2D eigenvalue weighted by molar-refractivity contribution is 5.76. The summed E-state index contributed by atoms with van der Waals surface area (Å²) in [5, 5.41) is 3.37. The maximum Gasteiger partial charge on any atom is 0.220 e. The lowest BCUT2D eigenvalue weighted by molar-refractivity contribution is -0.123. The van der Waals surface area contributed by atoms with E-state index < -0.39 is 0 Å². The number of unbranched alkanes of at least 4 members (excludes halogenated alkanes) is 11. The van der Waals surface area contributed by atoms with Crippen molar-refractivity contribution in [3.63, 3.8) is 0 Å². The third kappa shape index (κ3) is 17.1. The summed E-state index contributed by atoms with van der Waals surface area (Å²) in [5.41, 5.74) is 17.1. The first-order chi connectivity index (χ1) is 14.6. The van der Waals surface area contributed by atoms with Crippen LogP contribution in [0.25, 0.3) is 0 Å².